The molecule has 3 heteroatoms. The molecule has 1 unspecified atom stereocenters. The Hall–Kier alpha value is -0.990. The maximum absolute atomic E-state index is 10.9. The van der Waals surface area contributed by atoms with Gasteiger partial charge in [0, 0.05) is 0 Å². The lowest BCUT2D eigenvalue weighted by molar-refractivity contribution is -0.130. The minimum absolute atomic E-state index is 0.0666. The molecular weight excluding hydrogens is 130 g/mol. The molecule has 1 N–H and O–H groups in total. The number of carbonyl (C=O) groups is 1. The molecule has 0 bridgehead atoms. The normalized spacial score (nSPS) is 25.9. The number of rotatable bonds is 0. The van der Waals surface area contributed by atoms with Crippen molar-refractivity contribution in [2.24, 2.45) is 0 Å². The summed E-state index contributed by atoms with van der Waals surface area (Å²) in [5.74, 6) is 0.732. The van der Waals surface area contributed by atoms with Crippen molar-refractivity contribution in [3.8, 4) is 0 Å². The molecule has 1 aliphatic rings. The molecule has 10 heavy (non-hydrogen) atoms. The van der Waals surface area contributed by atoms with Crippen molar-refractivity contribution in [2.75, 3.05) is 0 Å². The van der Waals surface area contributed by atoms with Crippen molar-refractivity contribution in [2.45, 2.75) is 26.9 Å². The van der Waals surface area contributed by atoms with Crippen molar-refractivity contribution in [3.63, 3.8) is 0 Å². The summed E-state index contributed by atoms with van der Waals surface area (Å²) in [5, 5.41) is 2.69. The van der Waals surface area contributed by atoms with Crippen molar-refractivity contribution in [3.05, 3.63) is 11.5 Å². The van der Waals surface area contributed by atoms with Crippen LogP contribution in [0.15, 0.2) is 11.5 Å². The van der Waals surface area contributed by atoms with Gasteiger partial charge in [-0.1, -0.05) is 0 Å². The second kappa shape index (κ2) is 2.33. The Kier molecular flexibility index (Phi) is 1.66. The summed E-state index contributed by atoms with van der Waals surface area (Å²) in [4.78, 5) is 10.9. The van der Waals surface area contributed by atoms with Gasteiger partial charge in [0.1, 0.15) is 5.76 Å². The van der Waals surface area contributed by atoms with Crippen LogP contribution < -0.4 is 5.32 Å². The number of hydrogen-bond acceptors (Lipinski definition) is 2. The zero-order valence-electron chi connectivity index (χ0n) is 6.39. The first kappa shape index (κ1) is 7.12. The van der Waals surface area contributed by atoms with E-state index in [0.29, 0.717) is 0 Å². The Morgan fingerprint density at radius 1 is 1.50 bits per heavy atom. The number of ether oxygens (including phenoxy) is 1. The van der Waals surface area contributed by atoms with E-state index in [1.165, 1.54) is 0 Å². The topological polar surface area (TPSA) is 38.3 Å². The number of hydrogen-bond donors (Lipinski definition) is 1. The molecule has 0 saturated heterocycles. The average molecular weight is 141 g/mol. The van der Waals surface area contributed by atoms with E-state index in [1.54, 1.807) is 6.92 Å². The smallest absolute Gasteiger partial charge is 0.264 e. The Labute approximate surface area is 60.1 Å². The van der Waals surface area contributed by atoms with Crippen LogP contribution in [0.25, 0.3) is 0 Å². The zero-order chi connectivity index (χ0) is 7.72. The lowest BCUT2D eigenvalue weighted by Crippen LogP contribution is -2.37. The molecule has 0 fully saturated rings. The molecule has 1 aliphatic heterocycles. The summed E-state index contributed by atoms with van der Waals surface area (Å²) in [7, 11) is 0. The highest BCUT2D eigenvalue weighted by Gasteiger charge is 2.20. The van der Waals surface area contributed by atoms with Crippen molar-refractivity contribution < 1.29 is 9.53 Å². The van der Waals surface area contributed by atoms with Gasteiger partial charge in [0.25, 0.3) is 5.91 Å². The number of carbonyl (C=O) groups excluding carboxylic acids is 1. The summed E-state index contributed by atoms with van der Waals surface area (Å²) < 4.78 is 5.18. The molecule has 0 aromatic carbocycles. The number of allylic oxidation sites excluding steroid dienone is 2. The van der Waals surface area contributed by atoms with Crippen LogP contribution in [0.3, 0.4) is 0 Å². The van der Waals surface area contributed by atoms with Crippen LogP contribution in [-0.4, -0.2) is 12.0 Å². The molecule has 0 aromatic rings. The first-order valence-electron chi connectivity index (χ1n) is 3.26. The van der Waals surface area contributed by atoms with Crippen LogP contribution in [0.1, 0.15) is 20.8 Å². The Balaban J connectivity index is 2.79. The Morgan fingerprint density at radius 3 is 2.60 bits per heavy atom. The lowest BCUT2D eigenvalue weighted by Gasteiger charge is -2.22. The number of nitrogens with one attached hydrogen (secondary N) is 1. The predicted octanol–water partition coefficient (Wildman–Crippen LogP) is 0.773. The minimum Gasteiger partial charge on any atom is -0.484 e. The minimum atomic E-state index is -0.344. The molecule has 1 atom stereocenters. The molecule has 56 valence electrons. The van der Waals surface area contributed by atoms with Gasteiger partial charge in [-0.15, -0.1) is 0 Å². The molecule has 0 aromatic heterocycles. The summed E-state index contributed by atoms with van der Waals surface area (Å²) in [5.41, 5.74) is 0.808. The van der Waals surface area contributed by atoms with Gasteiger partial charge in [0.15, 0.2) is 6.10 Å². The molecule has 0 saturated carbocycles. The largest absolute Gasteiger partial charge is 0.484 e. The fraction of sp³-hybridized carbons (Fsp3) is 0.571. The van der Waals surface area contributed by atoms with E-state index < -0.39 is 0 Å². The monoisotopic (exact) mass is 141 g/mol. The van der Waals surface area contributed by atoms with E-state index >= 15 is 0 Å². The van der Waals surface area contributed by atoms with Gasteiger partial charge in [-0.2, -0.15) is 0 Å². The van der Waals surface area contributed by atoms with Crippen LogP contribution >= 0.6 is 0 Å². The highest BCUT2D eigenvalue weighted by Crippen LogP contribution is 2.11. The van der Waals surface area contributed by atoms with Gasteiger partial charge in [0.2, 0.25) is 0 Å². The fourth-order valence-corrected chi connectivity index (χ4v) is 0.782. The first-order chi connectivity index (χ1) is 4.61. The van der Waals surface area contributed by atoms with E-state index in [1.807, 2.05) is 13.8 Å². The molecule has 1 rings (SSSR count). The van der Waals surface area contributed by atoms with Crippen molar-refractivity contribution in [1.82, 2.24) is 5.32 Å². The molecule has 1 amide bonds. The predicted molar refractivity (Wildman–Crippen MR) is 37.1 cm³/mol. The summed E-state index contributed by atoms with van der Waals surface area (Å²) in [6.45, 7) is 5.38. The SMILES string of the molecule is CC1=C(C)OC(C)C(=O)N1. The second-order valence-electron chi connectivity index (χ2n) is 2.43. The molecule has 0 spiro atoms. The number of amides is 1. The van der Waals surface area contributed by atoms with Crippen molar-refractivity contribution in [1.29, 1.82) is 0 Å². The van der Waals surface area contributed by atoms with Crippen LogP contribution in [-0.2, 0) is 9.53 Å². The second-order valence-corrected chi connectivity index (χ2v) is 2.43. The maximum Gasteiger partial charge on any atom is 0.264 e. The zero-order valence-corrected chi connectivity index (χ0v) is 6.39. The van der Waals surface area contributed by atoms with E-state index in [2.05, 4.69) is 5.32 Å². The van der Waals surface area contributed by atoms with Gasteiger partial charge in [0.05, 0.1) is 5.70 Å². The molecule has 0 radical (unpaired) electrons. The Bertz CT molecular complexity index is 196. The van der Waals surface area contributed by atoms with E-state index in [4.69, 9.17) is 4.74 Å². The third-order valence-electron chi connectivity index (χ3n) is 1.56. The maximum atomic E-state index is 10.9. The Morgan fingerprint density at radius 2 is 2.10 bits per heavy atom. The van der Waals surface area contributed by atoms with Crippen LogP contribution in [0.2, 0.25) is 0 Å². The summed E-state index contributed by atoms with van der Waals surface area (Å²) in [6, 6.07) is 0. The lowest BCUT2D eigenvalue weighted by atomic mass is 10.3. The van der Waals surface area contributed by atoms with Crippen LogP contribution in [0.5, 0.6) is 0 Å². The van der Waals surface area contributed by atoms with Crippen LogP contribution in [0, 0.1) is 0 Å². The summed E-state index contributed by atoms with van der Waals surface area (Å²) in [6.07, 6.45) is -0.344. The molecule has 1 heterocycles. The van der Waals surface area contributed by atoms with E-state index in [0.717, 1.165) is 11.5 Å². The standard InChI is InChI=1S/C7H11NO2/c1-4-5(2)10-6(3)7(9)8-4/h6H,1-3H3,(H,8,9). The highest BCUT2D eigenvalue weighted by molar-refractivity contribution is 5.82. The summed E-state index contributed by atoms with van der Waals surface area (Å²) >= 11 is 0. The van der Waals surface area contributed by atoms with Gasteiger partial charge in [-0.25, -0.2) is 0 Å². The van der Waals surface area contributed by atoms with Gasteiger partial charge < -0.3 is 10.1 Å². The third-order valence-corrected chi connectivity index (χ3v) is 1.56. The molecule has 0 aliphatic carbocycles. The van der Waals surface area contributed by atoms with E-state index in [9.17, 15) is 4.79 Å². The van der Waals surface area contributed by atoms with Gasteiger partial charge >= 0.3 is 0 Å². The quantitative estimate of drug-likeness (QED) is 0.541. The third kappa shape index (κ3) is 1.12. The highest BCUT2D eigenvalue weighted by atomic mass is 16.5. The first-order valence-corrected chi connectivity index (χ1v) is 3.26. The van der Waals surface area contributed by atoms with Gasteiger partial charge in [-0.3, -0.25) is 4.79 Å². The van der Waals surface area contributed by atoms with Crippen molar-refractivity contribution >= 4 is 5.91 Å². The molecular formula is C7H11NO2. The van der Waals surface area contributed by atoms with E-state index in [-0.39, 0.29) is 12.0 Å². The van der Waals surface area contributed by atoms with Gasteiger partial charge in [-0.05, 0) is 20.8 Å². The molecule has 3 nitrogen and oxygen atoms in total. The fourth-order valence-electron chi connectivity index (χ4n) is 0.782. The average Bonchev–Trinajstić information content (AvgIpc) is 1.84. The van der Waals surface area contributed by atoms with Crippen LogP contribution in [0.4, 0.5) is 0 Å².